The lowest BCUT2D eigenvalue weighted by Crippen LogP contribution is -2.52. The van der Waals surface area contributed by atoms with Gasteiger partial charge in [-0.1, -0.05) is 11.2 Å². The number of rotatable bonds is 13. The number of fused-ring (bicyclic) bond motifs is 5. The quantitative estimate of drug-likeness (QED) is 0.167. The molecule has 5 rings (SSSR count). The van der Waals surface area contributed by atoms with Gasteiger partial charge in [-0.05, 0) is 32.8 Å². The molecule has 0 saturated carbocycles. The number of amides is 3. The van der Waals surface area contributed by atoms with Gasteiger partial charge in [-0.3, -0.25) is 28.5 Å². The highest BCUT2D eigenvalue weighted by Gasteiger charge is 2.54. The molecule has 3 aliphatic heterocycles. The summed E-state index contributed by atoms with van der Waals surface area (Å²) in [5, 5.41) is 15.7. The number of carbonyl (C=O) groups excluding carboxylic acids is 4. The molecule has 0 unspecified atom stereocenters. The molecule has 2 aromatic rings. The SMILES string of the molecule is CC1=NO[C@@]2(CC[C@H](C)N3C[C@H]2n2cc(C(=O)NCc4ccc(F)cc4F)c(=O)c(OC(=O)OCCN(CC(=O)O)C(=O)CCOP(=O)(O)O)c2C3=O)C1. The number of carbonyl (C=O) groups is 5. The van der Waals surface area contributed by atoms with Crippen LogP contribution in [0, 0.1) is 11.6 Å². The van der Waals surface area contributed by atoms with Crippen LogP contribution in [0.15, 0.2) is 34.3 Å². The van der Waals surface area contributed by atoms with Crippen LogP contribution in [-0.2, 0) is 34.8 Å². The van der Waals surface area contributed by atoms with E-state index in [9.17, 15) is 47.2 Å². The third-order valence-corrected chi connectivity index (χ3v) is 9.66. The van der Waals surface area contributed by atoms with E-state index in [4.69, 9.17) is 24.1 Å². The summed E-state index contributed by atoms with van der Waals surface area (Å²) in [5.41, 5.74) is -2.75. The second-order valence-corrected chi connectivity index (χ2v) is 14.1. The Labute approximate surface area is 304 Å². The molecule has 54 heavy (non-hydrogen) atoms. The first kappa shape index (κ1) is 40.0. The summed E-state index contributed by atoms with van der Waals surface area (Å²) in [6.07, 6.45) is 0.113. The summed E-state index contributed by atoms with van der Waals surface area (Å²) >= 11 is 0. The van der Waals surface area contributed by atoms with Crippen molar-refractivity contribution in [3.63, 3.8) is 0 Å². The number of halogens is 2. The van der Waals surface area contributed by atoms with Crippen LogP contribution in [-0.4, -0.2) is 109 Å². The lowest BCUT2D eigenvalue weighted by molar-refractivity contribution is -0.145. The first-order chi connectivity index (χ1) is 25.4. The minimum absolute atomic E-state index is 0.0665. The van der Waals surface area contributed by atoms with E-state index in [1.165, 1.54) is 9.47 Å². The van der Waals surface area contributed by atoms with E-state index in [1.807, 2.05) is 0 Å². The summed E-state index contributed by atoms with van der Waals surface area (Å²) in [6.45, 7) is 0.226. The fourth-order valence-electron chi connectivity index (χ4n) is 6.52. The summed E-state index contributed by atoms with van der Waals surface area (Å²) < 4.78 is 54.6. The zero-order valence-corrected chi connectivity index (χ0v) is 29.8. The van der Waals surface area contributed by atoms with Crippen molar-refractivity contribution in [3.05, 3.63) is 63.1 Å². The number of oxime groups is 1. The Hall–Kier alpha value is -5.24. The number of nitrogens with zero attached hydrogens (tertiary/aromatic N) is 4. The highest BCUT2D eigenvalue weighted by atomic mass is 31.2. The van der Waals surface area contributed by atoms with Gasteiger partial charge in [-0.2, -0.15) is 0 Å². The molecule has 0 aliphatic carbocycles. The van der Waals surface area contributed by atoms with Gasteiger partial charge >= 0.3 is 19.9 Å². The molecular weight excluding hydrogens is 747 g/mol. The number of phosphoric ester groups is 1. The Morgan fingerprint density at radius 1 is 1.19 bits per heavy atom. The molecule has 1 fully saturated rings. The van der Waals surface area contributed by atoms with E-state index in [2.05, 4.69) is 15.0 Å². The molecule has 1 spiro atoms. The van der Waals surface area contributed by atoms with Crippen molar-refractivity contribution in [1.29, 1.82) is 0 Å². The lowest BCUT2D eigenvalue weighted by Gasteiger charge is -2.42. The number of carboxylic acids is 1. The molecule has 1 saturated heterocycles. The standard InChI is InChI=1S/C32H36F2N5O14P/c1-17-12-32(53-36-17)7-5-18(2)38-15-23(32)39-14-21(29(44)35-13-19-3-4-20(33)11-22(19)34)27(43)28(26(39)30(38)45)52-31(46)50-10-8-37(16-25(41)42)24(40)6-9-51-54(47,48)49/h3-4,11,14,18,23H,5-10,12-13,15-16H2,1-2H3,(H,35,44)(H,41,42)(H2,47,48,49)/t18-,23+,32-/m0/s1. The fourth-order valence-corrected chi connectivity index (χ4v) is 6.85. The smallest absolute Gasteiger partial charge is 0.480 e. The third-order valence-electron chi connectivity index (χ3n) is 9.14. The number of ether oxygens (including phenoxy) is 2. The summed E-state index contributed by atoms with van der Waals surface area (Å²) in [4.78, 5) is 104. The van der Waals surface area contributed by atoms with Gasteiger partial charge in [-0.15, -0.1) is 0 Å². The van der Waals surface area contributed by atoms with E-state index in [-0.39, 0.29) is 18.2 Å². The van der Waals surface area contributed by atoms with Crippen molar-refractivity contribution < 1.29 is 71.0 Å². The van der Waals surface area contributed by atoms with Crippen LogP contribution in [0.25, 0.3) is 0 Å². The summed E-state index contributed by atoms with van der Waals surface area (Å²) in [6, 6.07) is 1.55. The van der Waals surface area contributed by atoms with Crippen LogP contribution in [0.2, 0.25) is 0 Å². The van der Waals surface area contributed by atoms with E-state index < -0.39 is 123 Å². The van der Waals surface area contributed by atoms with Crippen molar-refractivity contribution in [3.8, 4) is 5.75 Å². The average molecular weight is 784 g/mol. The second-order valence-electron chi connectivity index (χ2n) is 12.9. The van der Waals surface area contributed by atoms with Gasteiger partial charge < -0.3 is 48.9 Å². The van der Waals surface area contributed by atoms with Crippen LogP contribution in [0.3, 0.4) is 0 Å². The molecule has 19 nitrogen and oxygen atoms in total. The largest absolute Gasteiger partial charge is 0.514 e. The topological polar surface area (TPSA) is 253 Å². The predicted octanol–water partition coefficient (Wildman–Crippen LogP) is 1.70. The number of phosphoric acid groups is 1. The molecule has 0 radical (unpaired) electrons. The number of aliphatic carboxylic acids is 1. The van der Waals surface area contributed by atoms with E-state index >= 15 is 0 Å². The number of hydrogen-bond donors (Lipinski definition) is 4. The number of hydrogen-bond acceptors (Lipinski definition) is 12. The normalized spacial score (nSPS) is 20.4. The highest BCUT2D eigenvalue weighted by Crippen LogP contribution is 2.46. The first-order valence-corrected chi connectivity index (χ1v) is 18.0. The number of benzene rings is 1. The number of nitrogens with one attached hydrogen (secondary N) is 1. The maximum atomic E-state index is 14.3. The van der Waals surface area contributed by atoms with Crippen molar-refractivity contribution in [2.45, 2.75) is 63.8 Å². The van der Waals surface area contributed by atoms with Crippen molar-refractivity contribution in [2.24, 2.45) is 5.16 Å². The second kappa shape index (κ2) is 16.0. The molecule has 22 heteroatoms. The fraction of sp³-hybridized carbons (Fsp3) is 0.469. The van der Waals surface area contributed by atoms with Gasteiger partial charge in [0.25, 0.3) is 11.8 Å². The van der Waals surface area contributed by atoms with E-state index in [1.54, 1.807) is 13.8 Å². The first-order valence-electron chi connectivity index (χ1n) is 16.5. The molecular formula is C32H36F2N5O14P. The lowest BCUT2D eigenvalue weighted by atomic mass is 9.84. The van der Waals surface area contributed by atoms with Crippen LogP contribution in [0.4, 0.5) is 13.6 Å². The molecule has 2 bridgehead atoms. The molecule has 292 valence electrons. The van der Waals surface area contributed by atoms with E-state index in [0.29, 0.717) is 35.9 Å². The third kappa shape index (κ3) is 8.92. The summed E-state index contributed by atoms with van der Waals surface area (Å²) in [5.74, 6) is -6.88. The van der Waals surface area contributed by atoms with Crippen molar-refractivity contribution in [1.82, 2.24) is 19.7 Å². The van der Waals surface area contributed by atoms with Gasteiger partial charge in [-0.25, -0.2) is 18.1 Å². The number of aromatic nitrogens is 1. The zero-order chi connectivity index (χ0) is 39.5. The monoisotopic (exact) mass is 783 g/mol. The van der Waals surface area contributed by atoms with Crippen LogP contribution in [0.1, 0.15) is 72.0 Å². The average Bonchev–Trinajstić information content (AvgIpc) is 3.41. The highest BCUT2D eigenvalue weighted by molar-refractivity contribution is 7.46. The maximum absolute atomic E-state index is 14.3. The van der Waals surface area contributed by atoms with Gasteiger partial charge in [0.1, 0.15) is 30.3 Å². The minimum Gasteiger partial charge on any atom is -0.480 e. The van der Waals surface area contributed by atoms with Crippen LogP contribution in [0.5, 0.6) is 5.75 Å². The molecule has 3 atom stereocenters. The van der Waals surface area contributed by atoms with Gasteiger partial charge in [0.15, 0.2) is 11.3 Å². The summed E-state index contributed by atoms with van der Waals surface area (Å²) in [7, 11) is -4.91. The zero-order valence-electron chi connectivity index (χ0n) is 28.9. The molecule has 4 N–H and O–H groups in total. The van der Waals surface area contributed by atoms with Crippen LogP contribution >= 0.6 is 7.82 Å². The van der Waals surface area contributed by atoms with Gasteiger partial charge in [0.05, 0.1) is 31.3 Å². The van der Waals surface area contributed by atoms with Crippen LogP contribution < -0.4 is 15.5 Å². The number of carboxylic acid groups (broad SMARTS) is 1. The molecule has 3 aliphatic rings. The van der Waals surface area contributed by atoms with Crippen molar-refractivity contribution >= 4 is 43.4 Å². The minimum atomic E-state index is -4.91. The van der Waals surface area contributed by atoms with Gasteiger partial charge in [0.2, 0.25) is 17.1 Å². The molecule has 1 aromatic heterocycles. The van der Waals surface area contributed by atoms with Crippen molar-refractivity contribution in [2.75, 3.05) is 32.8 Å². The molecule has 3 amide bonds. The maximum Gasteiger partial charge on any atom is 0.514 e. The Balaban J connectivity index is 1.45. The predicted molar refractivity (Wildman–Crippen MR) is 177 cm³/mol. The Morgan fingerprint density at radius 2 is 1.93 bits per heavy atom. The Morgan fingerprint density at radius 3 is 2.57 bits per heavy atom. The van der Waals surface area contributed by atoms with Gasteiger partial charge in [0, 0.05) is 43.4 Å². The van der Waals surface area contributed by atoms with E-state index in [0.717, 1.165) is 18.3 Å². The Bertz CT molecular complexity index is 2000. The molecule has 4 heterocycles. The Kier molecular flexibility index (Phi) is 11.8. The molecule has 1 aromatic carbocycles. The number of pyridine rings is 1.